The first-order valence-electron chi connectivity index (χ1n) is 3.78. The molecule has 9 heavy (non-hydrogen) atoms. The Morgan fingerprint density at radius 3 is 2.78 bits per heavy atom. The summed E-state index contributed by atoms with van der Waals surface area (Å²) < 4.78 is 0. The molecule has 1 aliphatic rings. The lowest BCUT2D eigenvalue weighted by molar-refractivity contribution is 0.107. The maximum absolute atomic E-state index is 8.62. The van der Waals surface area contributed by atoms with Crippen molar-refractivity contribution in [2.75, 3.05) is 0 Å². The maximum atomic E-state index is 8.62. The Morgan fingerprint density at radius 1 is 1.56 bits per heavy atom. The molecule has 0 aliphatic heterocycles. The average molecular weight is 129 g/mol. The second-order valence-electron chi connectivity index (χ2n) is 2.83. The third-order valence-corrected chi connectivity index (χ3v) is 2.35. The van der Waals surface area contributed by atoms with E-state index in [0.717, 1.165) is 12.3 Å². The van der Waals surface area contributed by atoms with Gasteiger partial charge < -0.3 is 5.21 Å². The largest absolute Gasteiger partial charge is 0.317 e. The molecule has 0 saturated heterocycles. The summed E-state index contributed by atoms with van der Waals surface area (Å²) >= 11 is 0. The lowest BCUT2D eigenvalue weighted by Crippen LogP contribution is -2.28. The third kappa shape index (κ3) is 1.43. The highest BCUT2D eigenvalue weighted by atomic mass is 16.5. The molecule has 0 spiro atoms. The summed E-state index contributed by atoms with van der Waals surface area (Å²) in [4.78, 5) is 0. The summed E-state index contributed by atoms with van der Waals surface area (Å²) in [6.07, 6.45) is 4.90. The van der Waals surface area contributed by atoms with Gasteiger partial charge in [0.25, 0.3) is 0 Å². The van der Waals surface area contributed by atoms with Gasteiger partial charge in [-0.2, -0.15) is 0 Å². The fraction of sp³-hybridized carbons (Fsp3) is 1.00. The quantitative estimate of drug-likeness (QED) is 0.554. The van der Waals surface area contributed by atoms with E-state index in [0.29, 0.717) is 6.04 Å². The summed E-state index contributed by atoms with van der Waals surface area (Å²) in [7, 11) is 0. The number of nitrogens with one attached hydrogen (secondary N) is 1. The van der Waals surface area contributed by atoms with Crippen LogP contribution in [0.5, 0.6) is 0 Å². The van der Waals surface area contributed by atoms with Gasteiger partial charge in [0, 0.05) is 6.04 Å². The maximum Gasteiger partial charge on any atom is 0.0347 e. The number of rotatable bonds is 2. The van der Waals surface area contributed by atoms with Gasteiger partial charge in [-0.1, -0.05) is 19.8 Å². The van der Waals surface area contributed by atoms with Crippen LogP contribution in [0.1, 0.15) is 32.6 Å². The molecule has 0 amide bonds. The molecule has 0 bridgehead atoms. The molecule has 1 aliphatic carbocycles. The zero-order valence-electron chi connectivity index (χ0n) is 5.93. The van der Waals surface area contributed by atoms with Crippen LogP contribution in [0.15, 0.2) is 0 Å². The SMILES string of the molecule is CCC1CCCC1NO. The van der Waals surface area contributed by atoms with Crippen molar-refractivity contribution in [3.8, 4) is 0 Å². The van der Waals surface area contributed by atoms with Crippen molar-refractivity contribution in [3.05, 3.63) is 0 Å². The summed E-state index contributed by atoms with van der Waals surface area (Å²) in [6.45, 7) is 2.18. The first-order chi connectivity index (χ1) is 4.38. The van der Waals surface area contributed by atoms with Crippen LogP contribution in [0.2, 0.25) is 0 Å². The smallest absolute Gasteiger partial charge is 0.0347 e. The molecule has 2 N–H and O–H groups in total. The van der Waals surface area contributed by atoms with Gasteiger partial charge in [-0.25, -0.2) is 5.48 Å². The predicted molar refractivity (Wildman–Crippen MR) is 36.3 cm³/mol. The van der Waals surface area contributed by atoms with E-state index in [1.54, 1.807) is 0 Å². The van der Waals surface area contributed by atoms with Crippen LogP contribution in [-0.2, 0) is 0 Å². The second kappa shape index (κ2) is 3.18. The van der Waals surface area contributed by atoms with Crippen LogP contribution in [0, 0.1) is 5.92 Å². The lowest BCUT2D eigenvalue weighted by atomic mass is 10.0. The van der Waals surface area contributed by atoms with Crippen LogP contribution >= 0.6 is 0 Å². The van der Waals surface area contributed by atoms with Crippen molar-refractivity contribution in [1.29, 1.82) is 0 Å². The third-order valence-electron chi connectivity index (χ3n) is 2.35. The average Bonchev–Trinajstić information content (AvgIpc) is 2.33. The predicted octanol–water partition coefficient (Wildman–Crippen LogP) is 1.54. The van der Waals surface area contributed by atoms with E-state index in [2.05, 4.69) is 12.4 Å². The molecule has 0 aromatic heterocycles. The van der Waals surface area contributed by atoms with Gasteiger partial charge in [0.05, 0.1) is 0 Å². The van der Waals surface area contributed by atoms with Gasteiger partial charge in [-0.15, -0.1) is 0 Å². The van der Waals surface area contributed by atoms with Gasteiger partial charge in [-0.05, 0) is 18.8 Å². The summed E-state index contributed by atoms with van der Waals surface area (Å²) in [6, 6.07) is 0.384. The molecule has 0 aromatic carbocycles. The van der Waals surface area contributed by atoms with Crippen LogP contribution in [0.25, 0.3) is 0 Å². The Kier molecular flexibility index (Phi) is 2.49. The molecule has 2 nitrogen and oxygen atoms in total. The molecule has 0 heterocycles. The molecule has 2 unspecified atom stereocenters. The highest BCUT2D eigenvalue weighted by Crippen LogP contribution is 2.27. The van der Waals surface area contributed by atoms with E-state index >= 15 is 0 Å². The van der Waals surface area contributed by atoms with E-state index in [9.17, 15) is 0 Å². The monoisotopic (exact) mass is 129 g/mol. The zero-order valence-corrected chi connectivity index (χ0v) is 5.93. The fourth-order valence-electron chi connectivity index (χ4n) is 1.70. The van der Waals surface area contributed by atoms with E-state index in [1.165, 1.54) is 19.3 Å². The van der Waals surface area contributed by atoms with E-state index in [-0.39, 0.29) is 0 Å². The number of hydroxylamine groups is 1. The van der Waals surface area contributed by atoms with Crippen molar-refractivity contribution < 1.29 is 5.21 Å². The summed E-state index contributed by atoms with van der Waals surface area (Å²) in [5, 5.41) is 8.62. The number of hydrogen-bond donors (Lipinski definition) is 2. The standard InChI is InChI=1S/C7H15NO/c1-2-6-4-3-5-7(6)8-9/h6-9H,2-5H2,1H3. The zero-order chi connectivity index (χ0) is 6.69. The van der Waals surface area contributed by atoms with Crippen molar-refractivity contribution >= 4 is 0 Å². The number of hydrogen-bond acceptors (Lipinski definition) is 2. The van der Waals surface area contributed by atoms with Gasteiger partial charge in [-0.3, -0.25) is 0 Å². The van der Waals surface area contributed by atoms with Crippen molar-refractivity contribution in [2.45, 2.75) is 38.6 Å². The minimum absolute atomic E-state index is 0.384. The van der Waals surface area contributed by atoms with Crippen LogP contribution < -0.4 is 5.48 Å². The minimum Gasteiger partial charge on any atom is -0.317 e. The molecular weight excluding hydrogens is 114 g/mol. The van der Waals surface area contributed by atoms with Crippen LogP contribution in [-0.4, -0.2) is 11.2 Å². The fourth-order valence-corrected chi connectivity index (χ4v) is 1.70. The Labute approximate surface area is 56.2 Å². The normalized spacial score (nSPS) is 35.3. The molecular formula is C7H15NO. The van der Waals surface area contributed by atoms with Gasteiger partial charge in [0.2, 0.25) is 0 Å². The van der Waals surface area contributed by atoms with Crippen LogP contribution in [0.3, 0.4) is 0 Å². The molecule has 0 radical (unpaired) electrons. The molecule has 1 rings (SSSR count). The summed E-state index contributed by atoms with van der Waals surface area (Å²) in [5.74, 6) is 0.718. The molecule has 2 heteroatoms. The summed E-state index contributed by atoms with van der Waals surface area (Å²) in [5.41, 5.74) is 2.36. The van der Waals surface area contributed by atoms with Gasteiger partial charge in [0.1, 0.15) is 0 Å². The molecule has 2 atom stereocenters. The Balaban J connectivity index is 2.32. The first-order valence-corrected chi connectivity index (χ1v) is 3.78. The van der Waals surface area contributed by atoms with Crippen molar-refractivity contribution in [1.82, 2.24) is 5.48 Å². The van der Waals surface area contributed by atoms with Crippen molar-refractivity contribution in [2.24, 2.45) is 5.92 Å². The van der Waals surface area contributed by atoms with E-state index in [1.807, 2.05) is 0 Å². The highest BCUT2D eigenvalue weighted by Gasteiger charge is 2.24. The molecule has 0 aromatic rings. The topological polar surface area (TPSA) is 32.3 Å². The molecule has 1 fully saturated rings. The first kappa shape index (κ1) is 7.03. The Bertz CT molecular complexity index is 75.0. The minimum atomic E-state index is 0.384. The Morgan fingerprint density at radius 2 is 2.33 bits per heavy atom. The van der Waals surface area contributed by atoms with Gasteiger partial charge in [0.15, 0.2) is 0 Å². The lowest BCUT2D eigenvalue weighted by Gasteiger charge is -2.14. The van der Waals surface area contributed by atoms with Crippen molar-refractivity contribution in [3.63, 3.8) is 0 Å². The van der Waals surface area contributed by atoms with E-state index < -0.39 is 0 Å². The van der Waals surface area contributed by atoms with E-state index in [4.69, 9.17) is 5.21 Å². The van der Waals surface area contributed by atoms with Crippen LogP contribution in [0.4, 0.5) is 0 Å². The molecule has 1 saturated carbocycles. The Hall–Kier alpha value is -0.0800. The highest BCUT2D eigenvalue weighted by molar-refractivity contribution is 4.79. The molecule has 54 valence electrons. The van der Waals surface area contributed by atoms with Gasteiger partial charge >= 0.3 is 0 Å². The second-order valence-corrected chi connectivity index (χ2v) is 2.83.